The molecule has 1 unspecified atom stereocenters. The quantitative estimate of drug-likeness (QED) is 0.0496. The second kappa shape index (κ2) is 39.6. The summed E-state index contributed by atoms with van der Waals surface area (Å²) in [7, 11) is 0. The van der Waals surface area contributed by atoms with Crippen molar-refractivity contribution in [3.63, 3.8) is 0 Å². The number of ether oxygens (including phenoxy) is 3. The molecule has 0 N–H and O–H groups in total. The second-order valence-corrected chi connectivity index (χ2v) is 13.9. The van der Waals surface area contributed by atoms with Crippen LogP contribution in [0.5, 0.6) is 0 Å². The van der Waals surface area contributed by atoms with Gasteiger partial charge in [-0.2, -0.15) is 0 Å². The molecule has 0 fully saturated rings. The Bertz CT molecular complexity index is 552. The maximum atomic E-state index is 12.9. The molecule has 0 spiro atoms. The molecule has 0 aliphatic heterocycles. The lowest BCUT2D eigenvalue weighted by Crippen LogP contribution is -2.32. The lowest BCUT2D eigenvalue weighted by molar-refractivity contribution is -0.161. The molecule has 0 aromatic heterocycles. The van der Waals surface area contributed by atoms with Crippen LogP contribution in [0.15, 0.2) is 0 Å². The first-order valence-electron chi connectivity index (χ1n) is 20.6. The highest BCUT2D eigenvalue weighted by Crippen LogP contribution is 2.14. The lowest BCUT2D eigenvalue weighted by atomic mass is 10.1. The summed E-state index contributed by atoms with van der Waals surface area (Å²) in [5.74, 6) is -0.228. The Balaban J connectivity index is 4.05. The van der Waals surface area contributed by atoms with Crippen molar-refractivity contribution in [2.45, 2.75) is 232 Å². The number of rotatable bonds is 39. The maximum absolute atomic E-state index is 12.9. The predicted octanol–water partition coefficient (Wildman–Crippen LogP) is 13.5. The molecule has 0 radical (unpaired) electrons. The van der Waals surface area contributed by atoms with Crippen LogP contribution in [0.3, 0.4) is 0 Å². The third-order valence-corrected chi connectivity index (χ3v) is 9.23. The average molecular weight is 639 g/mol. The van der Waals surface area contributed by atoms with Crippen molar-refractivity contribution in [1.29, 1.82) is 0 Å². The van der Waals surface area contributed by atoms with Crippen molar-refractivity contribution >= 4 is 5.97 Å². The number of hydrogen-bond acceptors (Lipinski definition) is 4. The van der Waals surface area contributed by atoms with Crippen LogP contribution in [-0.2, 0) is 19.0 Å². The summed E-state index contributed by atoms with van der Waals surface area (Å²) in [6.07, 6.45) is 41.2. The number of carbonyl (C=O) groups is 1. The first-order chi connectivity index (χ1) is 22.3. The molecule has 0 aliphatic rings. The van der Waals surface area contributed by atoms with Gasteiger partial charge in [0.1, 0.15) is 0 Å². The lowest BCUT2D eigenvalue weighted by Gasteiger charge is -2.17. The summed E-state index contributed by atoms with van der Waals surface area (Å²) in [5.41, 5.74) is 0. The predicted molar refractivity (Wildman–Crippen MR) is 196 cm³/mol. The molecule has 0 heterocycles. The van der Waals surface area contributed by atoms with Crippen molar-refractivity contribution in [2.24, 2.45) is 0 Å². The third kappa shape index (κ3) is 36.1. The van der Waals surface area contributed by atoms with E-state index in [-0.39, 0.29) is 5.97 Å². The molecule has 0 amide bonds. The van der Waals surface area contributed by atoms with Crippen LogP contribution in [0.4, 0.5) is 0 Å². The van der Waals surface area contributed by atoms with Crippen molar-refractivity contribution in [3.8, 4) is 0 Å². The minimum Gasteiger partial charge on any atom is -0.464 e. The van der Waals surface area contributed by atoms with Gasteiger partial charge in [-0.05, 0) is 19.3 Å². The molecule has 0 rings (SSSR count). The summed E-state index contributed by atoms with van der Waals surface area (Å²) >= 11 is 0. The van der Waals surface area contributed by atoms with E-state index in [1.807, 2.05) is 0 Å². The van der Waals surface area contributed by atoms with E-state index >= 15 is 0 Å². The van der Waals surface area contributed by atoms with Crippen molar-refractivity contribution in [3.05, 3.63) is 0 Å². The first-order valence-corrected chi connectivity index (χ1v) is 20.6. The van der Waals surface area contributed by atoms with Crippen LogP contribution >= 0.6 is 0 Å². The van der Waals surface area contributed by atoms with E-state index in [0.717, 1.165) is 25.7 Å². The molecule has 0 aromatic carbocycles. The Morgan fingerprint density at radius 2 is 0.667 bits per heavy atom. The molecule has 0 aliphatic carbocycles. The highest BCUT2D eigenvalue weighted by atomic mass is 16.6. The Labute approximate surface area is 283 Å². The van der Waals surface area contributed by atoms with E-state index in [1.165, 1.54) is 180 Å². The van der Waals surface area contributed by atoms with Crippen LogP contribution < -0.4 is 0 Å². The van der Waals surface area contributed by atoms with Crippen LogP contribution in [0.25, 0.3) is 0 Å². The van der Waals surface area contributed by atoms with Gasteiger partial charge in [0.05, 0.1) is 13.2 Å². The largest absolute Gasteiger partial charge is 0.464 e. The standard InChI is InChI=1S/C41H82O4/c1-4-7-10-13-16-19-22-23-26-29-32-35-38-45-41(42)40(44-37-34-31-28-25-21-18-15-12-9-6-3)39-43-36-33-30-27-24-20-17-14-11-8-5-2/h40H,4-39H2,1-3H3. The fourth-order valence-corrected chi connectivity index (χ4v) is 6.09. The Morgan fingerprint density at radius 3 is 1.02 bits per heavy atom. The van der Waals surface area contributed by atoms with E-state index in [9.17, 15) is 4.79 Å². The third-order valence-electron chi connectivity index (χ3n) is 9.23. The monoisotopic (exact) mass is 639 g/mol. The Morgan fingerprint density at radius 1 is 0.378 bits per heavy atom. The van der Waals surface area contributed by atoms with Gasteiger partial charge in [0, 0.05) is 13.2 Å². The number of esters is 1. The molecule has 45 heavy (non-hydrogen) atoms. The maximum Gasteiger partial charge on any atom is 0.337 e. The summed E-state index contributed by atoms with van der Waals surface area (Å²) in [5, 5.41) is 0. The summed E-state index contributed by atoms with van der Waals surface area (Å²) in [6, 6.07) is 0. The zero-order valence-electron chi connectivity index (χ0n) is 31.2. The minimum atomic E-state index is -0.580. The van der Waals surface area contributed by atoms with E-state index in [0.29, 0.717) is 26.4 Å². The van der Waals surface area contributed by atoms with Gasteiger partial charge >= 0.3 is 5.97 Å². The van der Waals surface area contributed by atoms with Gasteiger partial charge < -0.3 is 14.2 Å². The molecular formula is C41H82O4. The van der Waals surface area contributed by atoms with E-state index < -0.39 is 6.10 Å². The first kappa shape index (κ1) is 44.4. The Kier molecular flexibility index (Phi) is 39.0. The fourth-order valence-electron chi connectivity index (χ4n) is 6.09. The highest BCUT2D eigenvalue weighted by molar-refractivity contribution is 5.74. The van der Waals surface area contributed by atoms with Crippen molar-refractivity contribution in [2.75, 3.05) is 26.4 Å². The molecule has 0 aromatic rings. The van der Waals surface area contributed by atoms with Gasteiger partial charge in [0.2, 0.25) is 0 Å². The average Bonchev–Trinajstić information content (AvgIpc) is 3.05. The van der Waals surface area contributed by atoms with E-state index in [2.05, 4.69) is 20.8 Å². The molecule has 4 heteroatoms. The molecule has 1 atom stereocenters. The summed E-state index contributed by atoms with van der Waals surface area (Å²) in [6.45, 7) is 8.99. The smallest absolute Gasteiger partial charge is 0.337 e. The van der Waals surface area contributed by atoms with Crippen LogP contribution in [0.1, 0.15) is 226 Å². The minimum absolute atomic E-state index is 0.228. The van der Waals surface area contributed by atoms with Gasteiger partial charge in [0.25, 0.3) is 0 Å². The Hall–Kier alpha value is -0.610. The van der Waals surface area contributed by atoms with Crippen LogP contribution in [0.2, 0.25) is 0 Å². The van der Waals surface area contributed by atoms with Crippen molar-refractivity contribution < 1.29 is 19.0 Å². The fraction of sp³-hybridized carbons (Fsp3) is 0.976. The number of unbranched alkanes of at least 4 members (excludes halogenated alkanes) is 29. The molecule has 4 nitrogen and oxygen atoms in total. The van der Waals surface area contributed by atoms with Crippen molar-refractivity contribution in [1.82, 2.24) is 0 Å². The second-order valence-electron chi connectivity index (χ2n) is 13.9. The summed E-state index contributed by atoms with van der Waals surface area (Å²) in [4.78, 5) is 12.9. The topological polar surface area (TPSA) is 44.8 Å². The number of hydrogen-bond donors (Lipinski definition) is 0. The van der Waals surface area contributed by atoms with Crippen LogP contribution in [-0.4, -0.2) is 38.5 Å². The van der Waals surface area contributed by atoms with E-state index in [1.54, 1.807) is 0 Å². The van der Waals surface area contributed by atoms with Gasteiger partial charge in [0.15, 0.2) is 6.10 Å². The highest BCUT2D eigenvalue weighted by Gasteiger charge is 2.21. The normalized spacial score (nSPS) is 12.2. The molecule has 0 saturated carbocycles. The van der Waals surface area contributed by atoms with Gasteiger partial charge in [-0.1, -0.05) is 207 Å². The zero-order chi connectivity index (χ0) is 32.7. The molecule has 0 bridgehead atoms. The molecule has 270 valence electrons. The number of carbonyl (C=O) groups excluding carboxylic acids is 1. The van der Waals surface area contributed by atoms with Gasteiger partial charge in [-0.3, -0.25) is 0 Å². The van der Waals surface area contributed by atoms with Crippen LogP contribution in [0, 0.1) is 0 Å². The molecule has 0 saturated heterocycles. The van der Waals surface area contributed by atoms with Gasteiger partial charge in [-0.15, -0.1) is 0 Å². The molecular weight excluding hydrogens is 556 g/mol. The van der Waals surface area contributed by atoms with Gasteiger partial charge in [-0.25, -0.2) is 4.79 Å². The zero-order valence-corrected chi connectivity index (χ0v) is 31.2. The summed E-state index contributed by atoms with van der Waals surface area (Å²) < 4.78 is 17.6. The van der Waals surface area contributed by atoms with E-state index in [4.69, 9.17) is 14.2 Å². The SMILES string of the molecule is CCCCCCCCCCCCCCOC(=O)C(COCCCCCCCCCCCC)OCCCCCCCCCCCC.